The van der Waals surface area contributed by atoms with Crippen molar-refractivity contribution >= 4 is 9.24 Å². The third-order valence-electron chi connectivity index (χ3n) is 1.38. The molecule has 1 aromatic heterocycles. The van der Waals surface area contributed by atoms with Crippen molar-refractivity contribution < 1.29 is 4.74 Å². The third-order valence-corrected chi connectivity index (χ3v) is 1.61. The van der Waals surface area contributed by atoms with Gasteiger partial charge < -0.3 is 4.74 Å². The zero-order valence-electron chi connectivity index (χ0n) is 6.74. The van der Waals surface area contributed by atoms with Crippen molar-refractivity contribution in [3.63, 3.8) is 0 Å². The molecule has 0 aromatic carbocycles. The lowest BCUT2D eigenvalue weighted by Crippen LogP contribution is -2.05. The van der Waals surface area contributed by atoms with Crippen molar-refractivity contribution in [1.82, 2.24) is 15.0 Å². The highest BCUT2D eigenvalue weighted by Crippen LogP contribution is 1.97. The van der Waals surface area contributed by atoms with Crippen molar-refractivity contribution in [2.75, 3.05) is 6.35 Å². The predicted molar refractivity (Wildman–Crippen MR) is 45.2 cm³/mol. The normalized spacial score (nSPS) is 10.5. The first-order chi connectivity index (χ1) is 5.24. The molecule has 0 saturated carbocycles. The summed E-state index contributed by atoms with van der Waals surface area (Å²) in [5.74, 6) is 0. The molecule has 0 amide bonds. The van der Waals surface area contributed by atoms with Gasteiger partial charge >= 0.3 is 0 Å². The predicted octanol–water partition coefficient (Wildman–Crippen LogP) is 0.702. The highest BCUT2D eigenvalue weighted by Gasteiger charge is 1.99. The maximum atomic E-state index is 5.09. The minimum absolute atomic E-state index is 0.429. The zero-order valence-corrected chi connectivity index (χ0v) is 7.90. The SMILES string of the molecule is Cc1nn(COCP)nc1C. The number of nitrogens with zero attached hydrogens (tertiary/aromatic N) is 3. The fourth-order valence-corrected chi connectivity index (χ4v) is 0.811. The summed E-state index contributed by atoms with van der Waals surface area (Å²) in [7, 11) is 2.48. The highest BCUT2D eigenvalue weighted by molar-refractivity contribution is 7.16. The maximum Gasteiger partial charge on any atom is 0.159 e. The summed E-state index contributed by atoms with van der Waals surface area (Å²) in [5, 5.41) is 8.24. The Balaban J connectivity index is 2.58. The minimum atomic E-state index is 0.429. The average Bonchev–Trinajstić information content (AvgIpc) is 2.28. The van der Waals surface area contributed by atoms with Crippen LogP contribution >= 0.6 is 9.24 Å². The van der Waals surface area contributed by atoms with Crippen LogP contribution in [0.1, 0.15) is 11.4 Å². The summed E-state index contributed by atoms with van der Waals surface area (Å²) in [5.41, 5.74) is 1.91. The van der Waals surface area contributed by atoms with Gasteiger partial charge in [-0.15, -0.1) is 9.24 Å². The van der Waals surface area contributed by atoms with E-state index in [4.69, 9.17) is 4.74 Å². The first-order valence-electron chi connectivity index (χ1n) is 3.40. The Kier molecular flexibility index (Phi) is 2.97. The van der Waals surface area contributed by atoms with E-state index in [0.29, 0.717) is 13.1 Å². The largest absolute Gasteiger partial charge is 0.353 e. The summed E-state index contributed by atoms with van der Waals surface area (Å²) in [6.45, 7) is 4.29. The van der Waals surface area contributed by atoms with E-state index in [1.54, 1.807) is 4.80 Å². The van der Waals surface area contributed by atoms with Gasteiger partial charge in [-0.25, -0.2) is 0 Å². The Morgan fingerprint density at radius 2 is 1.91 bits per heavy atom. The molecule has 0 N–H and O–H groups in total. The molecule has 1 aromatic rings. The van der Waals surface area contributed by atoms with E-state index in [2.05, 4.69) is 19.4 Å². The molecule has 5 heteroatoms. The van der Waals surface area contributed by atoms with Crippen LogP contribution in [0.15, 0.2) is 0 Å². The second kappa shape index (κ2) is 3.79. The van der Waals surface area contributed by atoms with Gasteiger partial charge in [-0.3, -0.25) is 0 Å². The minimum Gasteiger partial charge on any atom is -0.353 e. The van der Waals surface area contributed by atoms with Crippen LogP contribution in [0, 0.1) is 13.8 Å². The Morgan fingerprint density at radius 1 is 1.36 bits per heavy atom. The standard InChI is InChI=1S/C6H12N3OP/c1-5-6(2)8-9(7-5)3-10-4-11/h3-4,11H2,1-2H3. The van der Waals surface area contributed by atoms with Gasteiger partial charge in [-0.1, -0.05) is 0 Å². The van der Waals surface area contributed by atoms with Crippen LogP contribution in [0.4, 0.5) is 0 Å². The topological polar surface area (TPSA) is 39.9 Å². The van der Waals surface area contributed by atoms with Crippen LogP contribution in [0.2, 0.25) is 0 Å². The molecule has 1 unspecified atom stereocenters. The molecular weight excluding hydrogens is 161 g/mol. The summed E-state index contributed by atoms with van der Waals surface area (Å²) in [6, 6.07) is 0. The third kappa shape index (κ3) is 2.24. The maximum absolute atomic E-state index is 5.09. The lowest BCUT2D eigenvalue weighted by Gasteiger charge is -1.97. The molecule has 11 heavy (non-hydrogen) atoms. The van der Waals surface area contributed by atoms with Gasteiger partial charge in [0.15, 0.2) is 6.73 Å². The Morgan fingerprint density at radius 3 is 2.36 bits per heavy atom. The molecular formula is C6H12N3OP. The molecule has 1 heterocycles. The lowest BCUT2D eigenvalue weighted by molar-refractivity contribution is 0.0951. The van der Waals surface area contributed by atoms with Crippen molar-refractivity contribution in [3.8, 4) is 0 Å². The van der Waals surface area contributed by atoms with Crippen molar-refractivity contribution in [1.29, 1.82) is 0 Å². The summed E-state index contributed by atoms with van der Waals surface area (Å²) < 4.78 is 5.09. The van der Waals surface area contributed by atoms with E-state index in [9.17, 15) is 0 Å². The highest BCUT2D eigenvalue weighted by atomic mass is 31.0. The summed E-state index contributed by atoms with van der Waals surface area (Å²) in [4.78, 5) is 1.55. The van der Waals surface area contributed by atoms with Crippen LogP contribution in [0.5, 0.6) is 0 Å². The summed E-state index contributed by atoms with van der Waals surface area (Å²) >= 11 is 0. The number of aryl methyl sites for hydroxylation is 2. The molecule has 1 rings (SSSR count). The van der Waals surface area contributed by atoms with Gasteiger partial charge in [0.25, 0.3) is 0 Å². The van der Waals surface area contributed by atoms with E-state index in [-0.39, 0.29) is 0 Å². The molecule has 4 nitrogen and oxygen atoms in total. The lowest BCUT2D eigenvalue weighted by atomic mass is 10.4. The van der Waals surface area contributed by atoms with Crippen LogP contribution in [-0.4, -0.2) is 21.3 Å². The van der Waals surface area contributed by atoms with Crippen LogP contribution in [0.25, 0.3) is 0 Å². The molecule has 0 aliphatic carbocycles. The van der Waals surface area contributed by atoms with E-state index in [0.717, 1.165) is 11.4 Å². The molecule has 0 spiro atoms. The quantitative estimate of drug-likeness (QED) is 0.632. The fourth-order valence-electron chi connectivity index (χ4n) is 0.705. The first kappa shape index (κ1) is 8.62. The molecule has 0 aliphatic heterocycles. The molecule has 0 saturated heterocycles. The van der Waals surface area contributed by atoms with E-state index < -0.39 is 0 Å². The zero-order chi connectivity index (χ0) is 8.27. The molecule has 0 radical (unpaired) electrons. The van der Waals surface area contributed by atoms with E-state index >= 15 is 0 Å². The van der Waals surface area contributed by atoms with Crippen LogP contribution in [-0.2, 0) is 11.5 Å². The van der Waals surface area contributed by atoms with Gasteiger partial charge in [-0.05, 0) is 13.8 Å². The van der Waals surface area contributed by atoms with Gasteiger partial charge in [0.05, 0.1) is 17.7 Å². The monoisotopic (exact) mass is 173 g/mol. The van der Waals surface area contributed by atoms with Crippen molar-refractivity contribution in [3.05, 3.63) is 11.4 Å². The molecule has 0 fully saturated rings. The molecule has 1 atom stereocenters. The molecule has 62 valence electrons. The number of aromatic nitrogens is 3. The smallest absolute Gasteiger partial charge is 0.159 e. The Bertz CT molecular complexity index is 216. The number of ether oxygens (including phenoxy) is 1. The van der Waals surface area contributed by atoms with Gasteiger partial charge in [0.1, 0.15) is 0 Å². The first-order valence-corrected chi connectivity index (χ1v) is 4.22. The van der Waals surface area contributed by atoms with Gasteiger partial charge in [0.2, 0.25) is 0 Å². The average molecular weight is 173 g/mol. The summed E-state index contributed by atoms with van der Waals surface area (Å²) in [6.07, 6.45) is 0.611. The Hall–Kier alpha value is -0.470. The van der Waals surface area contributed by atoms with E-state index in [1.807, 2.05) is 13.8 Å². The van der Waals surface area contributed by atoms with E-state index in [1.165, 1.54) is 0 Å². The van der Waals surface area contributed by atoms with Crippen molar-refractivity contribution in [2.24, 2.45) is 0 Å². The second-order valence-electron chi connectivity index (χ2n) is 2.24. The fraction of sp³-hybridized carbons (Fsp3) is 0.667. The van der Waals surface area contributed by atoms with Crippen LogP contribution < -0.4 is 0 Å². The van der Waals surface area contributed by atoms with Gasteiger partial charge in [0, 0.05) is 0 Å². The van der Waals surface area contributed by atoms with Crippen molar-refractivity contribution in [2.45, 2.75) is 20.6 Å². The Labute approximate surface area is 68.1 Å². The second-order valence-corrected chi connectivity index (χ2v) is 2.58. The number of rotatable bonds is 3. The molecule has 0 aliphatic rings. The number of hydrogen-bond donors (Lipinski definition) is 0. The van der Waals surface area contributed by atoms with Crippen LogP contribution in [0.3, 0.4) is 0 Å². The number of hydrogen-bond acceptors (Lipinski definition) is 3. The molecule has 0 bridgehead atoms. The van der Waals surface area contributed by atoms with Gasteiger partial charge in [-0.2, -0.15) is 15.0 Å².